The number of halogens is 2. The van der Waals surface area contributed by atoms with Crippen molar-refractivity contribution in [2.75, 3.05) is 25.5 Å². The van der Waals surface area contributed by atoms with Gasteiger partial charge < -0.3 is 10.2 Å². The summed E-state index contributed by atoms with van der Waals surface area (Å²) in [5, 5.41) is 4.35. The molecule has 1 heterocycles. The fraction of sp³-hybridized carbons (Fsp3) is 0.615. The van der Waals surface area contributed by atoms with Gasteiger partial charge in [0, 0.05) is 18.8 Å². The number of pyridine rings is 1. The highest BCUT2D eigenvalue weighted by Crippen LogP contribution is 2.22. The van der Waals surface area contributed by atoms with Crippen LogP contribution in [-0.4, -0.2) is 36.1 Å². The van der Waals surface area contributed by atoms with E-state index in [-0.39, 0.29) is 0 Å². The lowest BCUT2D eigenvalue weighted by molar-refractivity contribution is 0.269. The second kappa shape index (κ2) is 7.82. The zero-order valence-electron chi connectivity index (χ0n) is 11.2. The third-order valence-corrected chi connectivity index (χ3v) is 3.41. The van der Waals surface area contributed by atoms with Gasteiger partial charge in [-0.25, -0.2) is 4.98 Å². The molecule has 1 aromatic heterocycles. The first kappa shape index (κ1) is 15.5. The van der Waals surface area contributed by atoms with Gasteiger partial charge in [0.05, 0.1) is 10.0 Å². The monoisotopic (exact) mass is 289 g/mol. The molecule has 0 atom stereocenters. The number of nitrogens with zero attached hydrogens (tertiary/aromatic N) is 2. The first-order chi connectivity index (χ1) is 8.50. The van der Waals surface area contributed by atoms with Crippen molar-refractivity contribution >= 4 is 29.0 Å². The summed E-state index contributed by atoms with van der Waals surface area (Å²) in [5.41, 5.74) is 0. The van der Waals surface area contributed by atoms with Crippen molar-refractivity contribution in [3.05, 3.63) is 22.3 Å². The fourth-order valence-corrected chi connectivity index (χ4v) is 1.94. The van der Waals surface area contributed by atoms with Crippen molar-refractivity contribution in [3.63, 3.8) is 0 Å². The molecule has 0 aliphatic rings. The Balaban J connectivity index is 2.22. The Bertz CT molecular complexity index is 369. The van der Waals surface area contributed by atoms with Gasteiger partial charge in [0.25, 0.3) is 0 Å². The molecule has 0 saturated heterocycles. The third kappa shape index (κ3) is 5.42. The van der Waals surface area contributed by atoms with Crippen molar-refractivity contribution in [2.45, 2.75) is 32.7 Å². The molecule has 0 aromatic carbocycles. The molecule has 1 rings (SSSR count). The van der Waals surface area contributed by atoms with E-state index in [0.29, 0.717) is 21.9 Å². The zero-order chi connectivity index (χ0) is 13.5. The lowest BCUT2D eigenvalue weighted by Crippen LogP contribution is -2.27. The Morgan fingerprint density at radius 2 is 2.06 bits per heavy atom. The second-order valence-electron chi connectivity index (χ2n) is 4.69. The van der Waals surface area contributed by atoms with E-state index in [9.17, 15) is 0 Å². The van der Waals surface area contributed by atoms with Gasteiger partial charge in [-0.3, -0.25) is 0 Å². The van der Waals surface area contributed by atoms with Gasteiger partial charge >= 0.3 is 0 Å². The molecule has 1 aromatic rings. The number of anilines is 1. The predicted octanol–water partition coefficient (Wildman–Crippen LogP) is 3.92. The Hall–Kier alpha value is -0.510. The van der Waals surface area contributed by atoms with E-state index < -0.39 is 0 Å². The number of nitrogens with one attached hydrogen (secondary N) is 1. The maximum atomic E-state index is 6.02. The van der Waals surface area contributed by atoms with E-state index in [1.807, 2.05) is 0 Å². The SMILES string of the molecule is CC(C)N(C)CCCCNc1ncc(Cl)cc1Cl. The molecule has 0 aliphatic carbocycles. The number of hydrogen-bond acceptors (Lipinski definition) is 3. The van der Waals surface area contributed by atoms with Crippen LogP contribution in [0.4, 0.5) is 5.82 Å². The van der Waals surface area contributed by atoms with Crippen LogP contribution in [0.2, 0.25) is 10.0 Å². The molecule has 0 fully saturated rings. The zero-order valence-corrected chi connectivity index (χ0v) is 12.7. The van der Waals surface area contributed by atoms with Crippen molar-refractivity contribution in [2.24, 2.45) is 0 Å². The second-order valence-corrected chi connectivity index (χ2v) is 5.54. The predicted molar refractivity (Wildman–Crippen MR) is 79.7 cm³/mol. The summed E-state index contributed by atoms with van der Waals surface area (Å²) in [6.07, 6.45) is 3.85. The first-order valence-electron chi connectivity index (χ1n) is 6.26. The van der Waals surface area contributed by atoms with E-state index in [4.69, 9.17) is 23.2 Å². The first-order valence-corrected chi connectivity index (χ1v) is 7.01. The van der Waals surface area contributed by atoms with Gasteiger partial charge in [-0.05, 0) is 46.3 Å². The fourth-order valence-electron chi connectivity index (χ4n) is 1.50. The minimum Gasteiger partial charge on any atom is -0.369 e. The van der Waals surface area contributed by atoms with Crippen molar-refractivity contribution < 1.29 is 0 Å². The summed E-state index contributed by atoms with van der Waals surface area (Å²) >= 11 is 11.8. The van der Waals surface area contributed by atoms with Gasteiger partial charge in [-0.1, -0.05) is 23.2 Å². The van der Waals surface area contributed by atoms with E-state index in [1.54, 1.807) is 12.3 Å². The van der Waals surface area contributed by atoms with Gasteiger partial charge in [-0.15, -0.1) is 0 Å². The van der Waals surface area contributed by atoms with Crippen LogP contribution in [-0.2, 0) is 0 Å². The summed E-state index contributed by atoms with van der Waals surface area (Å²) in [6, 6.07) is 2.30. The van der Waals surface area contributed by atoms with E-state index >= 15 is 0 Å². The Labute approximate surface area is 119 Å². The average molecular weight is 290 g/mol. The van der Waals surface area contributed by atoms with Gasteiger partial charge in [0.1, 0.15) is 5.82 Å². The van der Waals surface area contributed by atoms with Crippen LogP contribution in [0.25, 0.3) is 0 Å². The molecule has 0 aliphatic heterocycles. The summed E-state index contributed by atoms with van der Waals surface area (Å²) in [7, 11) is 2.15. The highest BCUT2D eigenvalue weighted by molar-refractivity contribution is 6.35. The molecule has 5 heteroatoms. The molecule has 0 radical (unpaired) electrons. The van der Waals surface area contributed by atoms with Crippen LogP contribution in [0.15, 0.2) is 12.3 Å². The van der Waals surface area contributed by atoms with Gasteiger partial charge in [0.15, 0.2) is 0 Å². The average Bonchev–Trinajstić information content (AvgIpc) is 2.30. The van der Waals surface area contributed by atoms with Crippen LogP contribution >= 0.6 is 23.2 Å². The van der Waals surface area contributed by atoms with Crippen LogP contribution in [0.1, 0.15) is 26.7 Å². The standard InChI is InChI=1S/C13H21Cl2N3/c1-10(2)18(3)7-5-4-6-16-13-12(15)8-11(14)9-17-13/h8-10H,4-7H2,1-3H3,(H,16,17). The number of aromatic nitrogens is 1. The minimum absolute atomic E-state index is 0.559. The number of hydrogen-bond donors (Lipinski definition) is 1. The minimum atomic E-state index is 0.559. The van der Waals surface area contributed by atoms with Crippen molar-refractivity contribution in [3.8, 4) is 0 Å². The third-order valence-electron chi connectivity index (χ3n) is 2.92. The lowest BCUT2D eigenvalue weighted by Gasteiger charge is -2.20. The molecule has 3 nitrogen and oxygen atoms in total. The van der Waals surface area contributed by atoms with Crippen molar-refractivity contribution in [1.29, 1.82) is 0 Å². The maximum absolute atomic E-state index is 6.02. The van der Waals surface area contributed by atoms with Crippen LogP contribution < -0.4 is 5.32 Å². The molecule has 0 amide bonds. The number of unbranched alkanes of at least 4 members (excludes halogenated alkanes) is 1. The quantitative estimate of drug-likeness (QED) is 0.771. The molecule has 102 valence electrons. The molecular formula is C13H21Cl2N3. The van der Waals surface area contributed by atoms with Crippen LogP contribution in [0.5, 0.6) is 0 Å². The Morgan fingerprint density at radius 1 is 1.33 bits per heavy atom. The number of rotatable bonds is 7. The van der Waals surface area contributed by atoms with E-state index in [1.165, 1.54) is 0 Å². The van der Waals surface area contributed by atoms with E-state index in [0.717, 1.165) is 25.9 Å². The Kier molecular flexibility index (Phi) is 6.76. The molecular weight excluding hydrogens is 269 g/mol. The topological polar surface area (TPSA) is 28.2 Å². The summed E-state index contributed by atoms with van der Waals surface area (Å²) in [5.74, 6) is 0.707. The highest BCUT2D eigenvalue weighted by Gasteiger charge is 2.03. The smallest absolute Gasteiger partial charge is 0.144 e. The van der Waals surface area contributed by atoms with Gasteiger partial charge in [0.2, 0.25) is 0 Å². The van der Waals surface area contributed by atoms with Crippen molar-refractivity contribution in [1.82, 2.24) is 9.88 Å². The molecule has 0 spiro atoms. The molecule has 18 heavy (non-hydrogen) atoms. The van der Waals surface area contributed by atoms with Gasteiger partial charge in [-0.2, -0.15) is 0 Å². The highest BCUT2D eigenvalue weighted by atomic mass is 35.5. The van der Waals surface area contributed by atoms with E-state index in [2.05, 4.69) is 36.1 Å². The Morgan fingerprint density at radius 3 is 2.67 bits per heavy atom. The normalized spacial score (nSPS) is 11.3. The molecule has 0 unspecified atom stereocenters. The van der Waals surface area contributed by atoms with Crippen LogP contribution in [0, 0.1) is 0 Å². The van der Waals surface area contributed by atoms with Crippen LogP contribution in [0.3, 0.4) is 0 Å². The molecule has 1 N–H and O–H groups in total. The summed E-state index contributed by atoms with van der Waals surface area (Å²) in [4.78, 5) is 6.49. The molecule has 0 saturated carbocycles. The molecule has 0 bridgehead atoms. The summed E-state index contributed by atoms with van der Waals surface area (Å²) < 4.78 is 0. The summed E-state index contributed by atoms with van der Waals surface area (Å²) in [6.45, 7) is 6.40. The largest absolute Gasteiger partial charge is 0.369 e. The maximum Gasteiger partial charge on any atom is 0.144 e. The lowest BCUT2D eigenvalue weighted by atomic mass is 10.2.